The molecule has 0 aliphatic heterocycles. The summed E-state index contributed by atoms with van der Waals surface area (Å²) in [6.07, 6.45) is -2.73. The van der Waals surface area contributed by atoms with Crippen LogP contribution in [0.4, 0.5) is 8.78 Å². The maximum Gasteiger partial charge on any atom is 0.305 e. The van der Waals surface area contributed by atoms with Crippen molar-refractivity contribution >= 4 is 59.1 Å². The highest BCUT2D eigenvalue weighted by Gasteiger charge is 2.39. The van der Waals surface area contributed by atoms with Gasteiger partial charge in [-0.1, -0.05) is 92.8 Å². The molecule has 2 aromatic carbocycles. The van der Waals surface area contributed by atoms with E-state index in [4.69, 9.17) is 4.42 Å². The first-order chi connectivity index (χ1) is 33.3. The fourth-order valence-corrected chi connectivity index (χ4v) is 8.22. The number of halogens is 2. The van der Waals surface area contributed by atoms with Crippen molar-refractivity contribution in [2.24, 2.45) is 5.92 Å². The number of alkyl halides is 2. The Balaban J connectivity index is 1.75. The summed E-state index contributed by atoms with van der Waals surface area (Å²) in [5.41, 5.74) is 0.844. The van der Waals surface area contributed by atoms with Crippen LogP contribution in [0.1, 0.15) is 112 Å². The van der Waals surface area contributed by atoms with E-state index in [1.54, 1.807) is 60.7 Å². The molecule has 1 saturated carbocycles. The molecule has 6 atom stereocenters. The number of rotatable bonds is 28. The first-order valence-corrected chi connectivity index (χ1v) is 22.7. The molecule has 3 aromatic rings. The number of hydrogen-bond donors (Lipinski definition) is 9. The number of furan rings is 1. The molecule has 1 aliphatic carbocycles. The van der Waals surface area contributed by atoms with Gasteiger partial charge in [0.15, 0.2) is 5.76 Å². The Bertz CT molecular complexity index is 2220. The van der Waals surface area contributed by atoms with E-state index >= 15 is 0 Å². The molecular formula is C48H58F2N6O14. The fourth-order valence-electron chi connectivity index (χ4n) is 8.22. The average Bonchev–Trinajstić information content (AvgIpc) is 3.86. The largest absolute Gasteiger partial charge is 0.481 e. The molecule has 0 radical (unpaired) electrons. The van der Waals surface area contributed by atoms with Crippen molar-refractivity contribution in [3.63, 3.8) is 0 Å². The van der Waals surface area contributed by atoms with Gasteiger partial charge < -0.3 is 51.6 Å². The minimum atomic E-state index is -3.04. The molecule has 0 saturated heterocycles. The standard InChI is InChI=1S/C48H58F2N6O14/c1-27(57)51-35(26-40(62)63)47(68)52-32(20-22-39(60)61)45(66)56-42(41(29-14-7-3-8-15-29)30-16-9-4-10-17-30)48(69)53-31(19-21-38(58)59)44(65)55-34(24-28-12-5-2-6-13-28)46(67)54-33(25-37(49)50)43(64)36-18-11-23-70-36/h3-4,7-11,14-18,23,28,31-35,37,41-42H,2,5-6,12-13,19-22,24-26H2,1H3,(H,51,57)(H,52,68)(H,53,69)(H,54,67)(H,55,65)(H,56,66)(H,58,59)(H,60,61)(H,62,63). The third-order valence-electron chi connectivity index (χ3n) is 11.6. The van der Waals surface area contributed by atoms with Crippen molar-refractivity contribution in [3.05, 3.63) is 95.9 Å². The second-order valence-corrected chi connectivity index (χ2v) is 17.0. The summed E-state index contributed by atoms with van der Waals surface area (Å²) in [6.45, 7) is 1.02. The topological polar surface area (TPSA) is 317 Å². The molecule has 0 bridgehead atoms. The van der Waals surface area contributed by atoms with Gasteiger partial charge in [-0.25, -0.2) is 8.78 Å². The normalized spacial score (nSPS) is 15.2. The summed E-state index contributed by atoms with van der Waals surface area (Å²) in [5.74, 6) is -13.1. The van der Waals surface area contributed by atoms with Crippen LogP contribution in [-0.4, -0.2) is 117 Å². The monoisotopic (exact) mass is 980 g/mol. The molecule has 4 rings (SSSR count). The molecule has 1 heterocycles. The molecule has 70 heavy (non-hydrogen) atoms. The minimum Gasteiger partial charge on any atom is -0.481 e. The van der Waals surface area contributed by atoms with Crippen molar-refractivity contribution < 1.29 is 76.5 Å². The van der Waals surface area contributed by atoms with Crippen molar-refractivity contribution in [2.45, 2.75) is 133 Å². The number of aliphatic carboxylic acids is 3. The highest BCUT2D eigenvalue weighted by Crippen LogP contribution is 2.30. The number of amides is 6. The van der Waals surface area contributed by atoms with Gasteiger partial charge in [-0.05, 0) is 48.4 Å². The zero-order valence-corrected chi connectivity index (χ0v) is 38.3. The number of carbonyl (C=O) groups is 10. The Labute approximate surface area is 401 Å². The number of carboxylic acid groups (broad SMARTS) is 3. The fraction of sp³-hybridized carbons (Fsp3) is 0.458. The second-order valence-electron chi connectivity index (χ2n) is 17.0. The van der Waals surface area contributed by atoms with Crippen molar-refractivity contribution in [2.75, 3.05) is 0 Å². The first-order valence-electron chi connectivity index (χ1n) is 22.7. The molecule has 1 aliphatic rings. The van der Waals surface area contributed by atoms with Gasteiger partial charge in [0.2, 0.25) is 47.7 Å². The first kappa shape index (κ1) is 55.1. The van der Waals surface area contributed by atoms with E-state index < -0.39 is 146 Å². The van der Waals surface area contributed by atoms with Crippen LogP contribution in [0.25, 0.3) is 0 Å². The van der Waals surface area contributed by atoms with E-state index in [1.165, 1.54) is 12.1 Å². The molecule has 378 valence electrons. The quantitative estimate of drug-likeness (QED) is 0.0473. The zero-order chi connectivity index (χ0) is 51.3. The molecule has 1 aromatic heterocycles. The van der Waals surface area contributed by atoms with Crippen LogP contribution >= 0.6 is 0 Å². The summed E-state index contributed by atoms with van der Waals surface area (Å²) < 4.78 is 32.7. The maximum absolute atomic E-state index is 14.9. The summed E-state index contributed by atoms with van der Waals surface area (Å²) in [6, 6.07) is 8.73. The van der Waals surface area contributed by atoms with E-state index in [0.717, 1.165) is 32.4 Å². The molecular weight excluding hydrogens is 923 g/mol. The van der Waals surface area contributed by atoms with Crippen LogP contribution in [0.2, 0.25) is 0 Å². The van der Waals surface area contributed by atoms with E-state index in [2.05, 4.69) is 31.9 Å². The molecule has 6 unspecified atom stereocenters. The van der Waals surface area contributed by atoms with Crippen LogP contribution < -0.4 is 31.9 Å². The SMILES string of the molecule is CC(=O)NC(CC(=O)O)C(=O)NC(CCC(=O)O)C(=O)NC(C(=O)NC(CCC(=O)O)C(=O)NC(CC1CCCCC1)C(=O)NC(CC(F)F)C(=O)c1ccco1)C(c1ccccc1)c1ccccc1. The third-order valence-corrected chi connectivity index (χ3v) is 11.6. The van der Waals surface area contributed by atoms with E-state index in [0.29, 0.717) is 24.0 Å². The van der Waals surface area contributed by atoms with Gasteiger partial charge in [0.1, 0.15) is 36.3 Å². The van der Waals surface area contributed by atoms with Gasteiger partial charge in [0, 0.05) is 32.1 Å². The van der Waals surface area contributed by atoms with E-state index in [9.17, 15) is 72.0 Å². The molecule has 6 amide bonds. The van der Waals surface area contributed by atoms with Crippen molar-refractivity contribution in [1.29, 1.82) is 0 Å². The Morgan fingerprint density at radius 3 is 1.54 bits per heavy atom. The highest BCUT2D eigenvalue weighted by molar-refractivity contribution is 6.01. The predicted molar refractivity (Wildman–Crippen MR) is 243 cm³/mol. The molecule has 1 fully saturated rings. The number of nitrogens with one attached hydrogen (secondary N) is 6. The van der Waals surface area contributed by atoms with Gasteiger partial charge in [0.25, 0.3) is 0 Å². The Hall–Kier alpha value is -7.52. The Kier molecular flexibility index (Phi) is 21.6. The lowest BCUT2D eigenvalue weighted by molar-refractivity contribution is -0.141. The second kappa shape index (κ2) is 27.5. The summed E-state index contributed by atoms with van der Waals surface area (Å²) >= 11 is 0. The van der Waals surface area contributed by atoms with Crippen LogP contribution in [0.3, 0.4) is 0 Å². The third kappa shape index (κ3) is 17.9. The molecule has 9 N–H and O–H groups in total. The lowest BCUT2D eigenvalue weighted by Gasteiger charge is -2.32. The number of carbonyl (C=O) groups excluding carboxylic acids is 7. The van der Waals surface area contributed by atoms with Gasteiger partial charge >= 0.3 is 17.9 Å². The predicted octanol–water partition coefficient (Wildman–Crippen LogP) is 3.05. The van der Waals surface area contributed by atoms with E-state index in [-0.39, 0.29) is 18.1 Å². The zero-order valence-electron chi connectivity index (χ0n) is 38.3. The van der Waals surface area contributed by atoms with Crippen LogP contribution in [0, 0.1) is 5.92 Å². The average molecular weight is 981 g/mol. The van der Waals surface area contributed by atoms with Crippen molar-refractivity contribution in [1.82, 2.24) is 31.9 Å². The van der Waals surface area contributed by atoms with Gasteiger partial charge in [0.05, 0.1) is 12.7 Å². The number of carboxylic acids is 3. The van der Waals surface area contributed by atoms with Crippen LogP contribution in [-0.2, 0) is 43.2 Å². The van der Waals surface area contributed by atoms with Gasteiger partial charge in [-0.15, -0.1) is 0 Å². The summed E-state index contributed by atoms with van der Waals surface area (Å²) in [5, 5.41) is 43.1. The Morgan fingerprint density at radius 1 is 0.571 bits per heavy atom. The lowest BCUT2D eigenvalue weighted by atomic mass is 9.84. The smallest absolute Gasteiger partial charge is 0.305 e. The number of hydrogen-bond acceptors (Lipinski definition) is 11. The molecule has 0 spiro atoms. The lowest BCUT2D eigenvalue weighted by Crippen LogP contribution is -2.61. The Morgan fingerprint density at radius 2 is 1.06 bits per heavy atom. The minimum absolute atomic E-state index is 0.0189. The van der Waals surface area contributed by atoms with Gasteiger partial charge in [-0.3, -0.25) is 47.9 Å². The molecule has 20 nitrogen and oxygen atoms in total. The number of benzene rings is 2. The van der Waals surface area contributed by atoms with Crippen LogP contribution in [0.5, 0.6) is 0 Å². The van der Waals surface area contributed by atoms with Crippen molar-refractivity contribution in [3.8, 4) is 0 Å². The summed E-state index contributed by atoms with van der Waals surface area (Å²) in [4.78, 5) is 132. The maximum atomic E-state index is 14.9. The number of ketones is 1. The molecule has 22 heteroatoms. The highest BCUT2D eigenvalue weighted by atomic mass is 19.3. The number of Topliss-reactive ketones (excluding diaryl/α,β-unsaturated/α-hetero) is 1. The van der Waals surface area contributed by atoms with Gasteiger partial charge in [-0.2, -0.15) is 0 Å². The van der Waals surface area contributed by atoms with E-state index in [1.807, 2.05) is 0 Å². The van der Waals surface area contributed by atoms with Crippen LogP contribution in [0.15, 0.2) is 83.5 Å². The summed E-state index contributed by atoms with van der Waals surface area (Å²) in [7, 11) is 0.